The van der Waals surface area contributed by atoms with E-state index >= 15 is 0 Å². The molecule has 0 aliphatic heterocycles. The van der Waals surface area contributed by atoms with Crippen molar-refractivity contribution in [1.29, 1.82) is 0 Å². The molecule has 0 atom stereocenters. The molecule has 0 saturated heterocycles. The Morgan fingerprint density at radius 1 is 1.20 bits per heavy atom. The molecule has 3 heteroatoms. The molecule has 0 fully saturated rings. The van der Waals surface area contributed by atoms with Crippen molar-refractivity contribution in [2.75, 3.05) is 12.5 Å². The average Bonchev–Trinajstić information content (AvgIpc) is 2.15. The highest BCUT2D eigenvalue weighted by atomic mass is 32.2. The number of thioether (sulfide) groups is 2. The third-order valence-electron chi connectivity index (χ3n) is 2.13. The summed E-state index contributed by atoms with van der Waals surface area (Å²) in [7, 11) is 0. The zero-order valence-electron chi connectivity index (χ0n) is 9.83. The van der Waals surface area contributed by atoms with Crippen molar-refractivity contribution < 1.29 is 0 Å². The van der Waals surface area contributed by atoms with Crippen molar-refractivity contribution >= 4 is 23.5 Å². The third kappa shape index (κ3) is 3.74. The van der Waals surface area contributed by atoms with Crippen LogP contribution in [0.15, 0.2) is 28.0 Å². The molecule has 15 heavy (non-hydrogen) atoms. The van der Waals surface area contributed by atoms with Crippen LogP contribution in [0.4, 0.5) is 0 Å². The van der Waals surface area contributed by atoms with Crippen molar-refractivity contribution in [2.45, 2.75) is 35.6 Å². The Hall–Kier alpha value is -0.120. The fraction of sp³-hybridized carbons (Fsp3) is 0.500. The standard InChI is InChI=1S/C12H19NS2/c1-12(2,13)8-9-6-5-7-10(14-3)11(9)15-4/h5-7H,8,13H2,1-4H3. The van der Waals surface area contributed by atoms with E-state index in [0.29, 0.717) is 0 Å². The van der Waals surface area contributed by atoms with Crippen molar-refractivity contribution in [2.24, 2.45) is 5.73 Å². The molecule has 0 unspecified atom stereocenters. The number of hydrogen-bond donors (Lipinski definition) is 1. The number of benzene rings is 1. The quantitative estimate of drug-likeness (QED) is 0.818. The first-order chi connectivity index (χ1) is 6.98. The number of nitrogens with two attached hydrogens (primary N) is 1. The van der Waals surface area contributed by atoms with Crippen molar-refractivity contribution in [3.63, 3.8) is 0 Å². The molecule has 84 valence electrons. The van der Waals surface area contributed by atoms with Crippen molar-refractivity contribution in [1.82, 2.24) is 0 Å². The summed E-state index contributed by atoms with van der Waals surface area (Å²) in [5.74, 6) is 0. The molecule has 0 heterocycles. The van der Waals surface area contributed by atoms with E-state index in [1.807, 2.05) is 11.8 Å². The van der Waals surface area contributed by atoms with Gasteiger partial charge in [0.2, 0.25) is 0 Å². The Morgan fingerprint density at radius 3 is 2.33 bits per heavy atom. The zero-order valence-corrected chi connectivity index (χ0v) is 11.5. The van der Waals surface area contributed by atoms with Crippen molar-refractivity contribution in [3.8, 4) is 0 Å². The molecular weight excluding hydrogens is 222 g/mol. The van der Waals surface area contributed by atoms with Crippen LogP contribution in [0.3, 0.4) is 0 Å². The topological polar surface area (TPSA) is 26.0 Å². The first kappa shape index (κ1) is 12.9. The monoisotopic (exact) mass is 241 g/mol. The maximum absolute atomic E-state index is 6.07. The molecule has 0 saturated carbocycles. The lowest BCUT2D eigenvalue weighted by Crippen LogP contribution is -2.34. The molecule has 0 aliphatic carbocycles. The fourth-order valence-electron chi connectivity index (χ4n) is 1.58. The van der Waals surface area contributed by atoms with Gasteiger partial charge >= 0.3 is 0 Å². The highest BCUT2D eigenvalue weighted by Crippen LogP contribution is 2.32. The van der Waals surface area contributed by atoms with E-state index in [1.165, 1.54) is 15.4 Å². The van der Waals surface area contributed by atoms with Crippen LogP contribution in [-0.2, 0) is 6.42 Å². The number of rotatable bonds is 4. The van der Waals surface area contributed by atoms with E-state index < -0.39 is 0 Å². The minimum Gasteiger partial charge on any atom is -0.325 e. The maximum Gasteiger partial charge on any atom is 0.0238 e. The van der Waals surface area contributed by atoms with E-state index in [0.717, 1.165) is 6.42 Å². The molecule has 0 spiro atoms. The van der Waals surface area contributed by atoms with Gasteiger partial charge in [-0.15, -0.1) is 23.5 Å². The van der Waals surface area contributed by atoms with Crippen LogP contribution >= 0.6 is 23.5 Å². The smallest absolute Gasteiger partial charge is 0.0238 e. The molecule has 1 nitrogen and oxygen atoms in total. The summed E-state index contributed by atoms with van der Waals surface area (Å²) in [5.41, 5.74) is 7.29. The predicted octanol–water partition coefficient (Wildman–Crippen LogP) is 3.41. The summed E-state index contributed by atoms with van der Waals surface area (Å²) in [6, 6.07) is 6.47. The molecule has 0 amide bonds. The Labute approximate surface area is 101 Å². The van der Waals surface area contributed by atoms with E-state index in [4.69, 9.17) is 5.73 Å². The molecule has 1 aromatic rings. The van der Waals surface area contributed by atoms with E-state index in [1.54, 1.807) is 11.8 Å². The van der Waals surface area contributed by atoms with Crippen LogP contribution in [0, 0.1) is 0 Å². The van der Waals surface area contributed by atoms with Crippen LogP contribution in [0.2, 0.25) is 0 Å². The normalized spacial score (nSPS) is 11.8. The summed E-state index contributed by atoms with van der Waals surface area (Å²) in [6.07, 6.45) is 5.17. The highest BCUT2D eigenvalue weighted by Gasteiger charge is 2.15. The Morgan fingerprint density at radius 2 is 1.87 bits per heavy atom. The molecule has 0 aromatic heterocycles. The molecule has 0 bridgehead atoms. The second kappa shape index (κ2) is 5.28. The summed E-state index contributed by atoms with van der Waals surface area (Å²) >= 11 is 3.61. The molecular formula is C12H19NS2. The van der Waals surface area contributed by atoms with Gasteiger partial charge in [0.1, 0.15) is 0 Å². The van der Waals surface area contributed by atoms with E-state index in [-0.39, 0.29) is 5.54 Å². The van der Waals surface area contributed by atoms with Gasteiger partial charge in [-0.1, -0.05) is 12.1 Å². The number of hydrogen-bond acceptors (Lipinski definition) is 3. The van der Waals surface area contributed by atoms with E-state index in [9.17, 15) is 0 Å². The van der Waals surface area contributed by atoms with Crippen molar-refractivity contribution in [3.05, 3.63) is 23.8 Å². The first-order valence-corrected chi connectivity index (χ1v) is 7.41. The molecule has 1 rings (SSSR count). The largest absolute Gasteiger partial charge is 0.325 e. The Balaban J connectivity index is 3.06. The molecule has 2 N–H and O–H groups in total. The van der Waals surface area contributed by atoms with Crippen LogP contribution in [0.1, 0.15) is 19.4 Å². The fourth-order valence-corrected chi connectivity index (χ4v) is 3.29. The summed E-state index contributed by atoms with van der Waals surface area (Å²) < 4.78 is 0. The summed E-state index contributed by atoms with van der Waals surface area (Å²) in [4.78, 5) is 2.73. The first-order valence-electron chi connectivity index (χ1n) is 4.96. The van der Waals surface area contributed by atoms with Gasteiger partial charge in [-0.05, 0) is 44.4 Å². The third-order valence-corrected chi connectivity index (χ3v) is 3.93. The summed E-state index contributed by atoms with van der Waals surface area (Å²) in [6.45, 7) is 4.14. The lowest BCUT2D eigenvalue weighted by atomic mass is 9.96. The van der Waals surface area contributed by atoms with Gasteiger partial charge in [-0.25, -0.2) is 0 Å². The highest BCUT2D eigenvalue weighted by molar-refractivity contribution is 8.01. The van der Waals surface area contributed by atoms with Crippen LogP contribution in [-0.4, -0.2) is 18.1 Å². The zero-order chi connectivity index (χ0) is 11.5. The van der Waals surface area contributed by atoms with Crippen LogP contribution in [0.25, 0.3) is 0 Å². The van der Waals surface area contributed by atoms with Gasteiger partial charge in [-0.2, -0.15) is 0 Å². The predicted molar refractivity (Wildman–Crippen MR) is 72.0 cm³/mol. The minimum atomic E-state index is -0.137. The van der Waals surface area contributed by atoms with E-state index in [2.05, 4.69) is 44.6 Å². The second-order valence-corrected chi connectivity index (χ2v) is 5.98. The van der Waals surface area contributed by atoms with Crippen LogP contribution < -0.4 is 5.73 Å². The van der Waals surface area contributed by atoms with Crippen LogP contribution in [0.5, 0.6) is 0 Å². The average molecular weight is 241 g/mol. The molecule has 0 radical (unpaired) electrons. The van der Waals surface area contributed by atoms with Gasteiger partial charge in [-0.3, -0.25) is 0 Å². The summed E-state index contributed by atoms with van der Waals surface area (Å²) in [5, 5.41) is 0. The van der Waals surface area contributed by atoms with Gasteiger partial charge in [0, 0.05) is 15.3 Å². The molecule has 0 aliphatic rings. The van der Waals surface area contributed by atoms with Gasteiger partial charge in [0.15, 0.2) is 0 Å². The minimum absolute atomic E-state index is 0.137. The Bertz CT molecular complexity index is 329. The lowest BCUT2D eigenvalue weighted by molar-refractivity contribution is 0.512. The molecule has 1 aromatic carbocycles. The lowest BCUT2D eigenvalue weighted by Gasteiger charge is -2.21. The van der Waals surface area contributed by atoms with Gasteiger partial charge < -0.3 is 5.73 Å². The van der Waals surface area contributed by atoms with Gasteiger partial charge in [0.05, 0.1) is 0 Å². The maximum atomic E-state index is 6.07. The second-order valence-electron chi connectivity index (χ2n) is 4.32. The van der Waals surface area contributed by atoms with Gasteiger partial charge in [0.25, 0.3) is 0 Å². The SMILES string of the molecule is CSc1cccc(CC(C)(C)N)c1SC. The Kier molecular flexibility index (Phi) is 4.56.